The van der Waals surface area contributed by atoms with Crippen molar-refractivity contribution in [1.82, 2.24) is 9.21 Å². The number of aryl methyl sites for hydroxylation is 1. The maximum Gasteiger partial charge on any atom is 0.307 e. The Morgan fingerprint density at radius 3 is 2.31 bits per heavy atom. The molecule has 0 saturated carbocycles. The van der Waals surface area contributed by atoms with E-state index in [1.165, 1.54) is 10.4 Å². The van der Waals surface area contributed by atoms with E-state index < -0.39 is 16.0 Å². The van der Waals surface area contributed by atoms with E-state index >= 15 is 0 Å². The van der Waals surface area contributed by atoms with Crippen LogP contribution in [0.2, 0.25) is 10.0 Å². The number of sulfonamides is 1. The molecule has 0 unspecified atom stereocenters. The third-order valence-electron chi connectivity index (χ3n) is 4.83. The molecule has 156 valence electrons. The second kappa shape index (κ2) is 9.02. The van der Waals surface area contributed by atoms with E-state index in [-0.39, 0.29) is 11.3 Å². The summed E-state index contributed by atoms with van der Waals surface area (Å²) in [6.45, 7) is 4.34. The zero-order chi connectivity index (χ0) is 21.2. The van der Waals surface area contributed by atoms with Crippen LogP contribution < -0.4 is 0 Å². The summed E-state index contributed by atoms with van der Waals surface area (Å²) < 4.78 is 27.6. The largest absolute Gasteiger partial charge is 0.481 e. The zero-order valence-corrected chi connectivity index (χ0v) is 18.3. The van der Waals surface area contributed by atoms with Crippen LogP contribution in [-0.4, -0.2) is 54.9 Å². The monoisotopic (exact) mass is 456 g/mol. The van der Waals surface area contributed by atoms with Crippen molar-refractivity contribution >= 4 is 39.2 Å². The van der Waals surface area contributed by atoms with Crippen molar-refractivity contribution in [3.8, 4) is 0 Å². The highest BCUT2D eigenvalue weighted by Gasteiger charge is 2.29. The molecule has 6 nitrogen and oxygen atoms in total. The van der Waals surface area contributed by atoms with Gasteiger partial charge >= 0.3 is 5.97 Å². The number of halogens is 2. The number of carboxylic acid groups (broad SMARTS) is 1. The number of carbonyl (C=O) groups is 1. The Hall–Kier alpha value is -1.64. The van der Waals surface area contributed by atoms with Crippen LogP contribution in [0.5, 0.6) is 0 Å². The second-order valence-electron chi connectivity index (χ2n) is 7.15. The summed E-state index contributed by atoms with van der Waals surface area (Å²) in [6.07, 6.45) is -0.207. The van der Waals surface area contributed by atoms with Crippen molar-refractivity contribution in [2.24, 2.45) is 0 Å². The minimum Gasteiger partial charge on any atom is -0.481 e. The lowest BCUT2D eigenvalue weighted by molar-refractivity contribution is -0.136. The van der Waals surface area contributed by atoms with Crippen LogP contribution in [0.15, 0.2) is 41.3 Å². The Morgan fingerprint density at radius 2 is 1.69 bits per heavy atom. The van der Waals surface area contributed by atoms with E-state index in [0.29, 0.717) is 48.3 Å². The summed E-state index contributed by atoms with van der Waals surface area (Å²) >= 11 is 12.0. The number of aliphatic carboxylic acids is 1. The molecule has 9 heteroatoms. The number of rotatable bonds is 6. The van der Waals surface area contributed by atoms with Gasteiger partial charge in [0, 0.05) is 32.7 Å². The minimum absolute atomic E-state index is 0.145. The Balaban J connectivity index is 1.68. The van der Waals surface area contributed by atoms with Gasteiger partial charge in [-0.1, -0.05) is 35.3 Å². The molecule has 1 saturated heterocycles. The molecule has 1 N–H and O–H groups in total. The fourth-order valence-corrected chi connectivity index (χ4v) is 5.32. The summed E-state index contributed by atoms with van der Waals surface area (Å²) in [5.74, 6) is -0.991. The molecule has 1 aliphatic heterocycles. The van der Waals surface area contributed by atoms with Crippen molar-refractivity contribution in [2.45, 2.75) is 24.8 Å². The standard InChI is InChI=1S/C20H22Cl2N2O4S/c1-14-8-16(12-20(25)26)10-17(9-14)29(27,28)24-6-4-23(5-7-24)13-15-2-3-18(21)19(22)11-15/h2-3,8-11H,4-7,12-13H2,1H3,(H,25,26). The molecular weight excluding hydrogens is 435 g/mol. The van der Waals surface area contributed by atoms with Crippen LogP contribution in [0.25, 0.3) is 0 Å². The third kappa shape index (κ3) is 5.49. The van der Waals surface area contributed by atoms with Gasteiger partial charge in [0.1, 0.15) is 0 Å². The molecule has 2 aromatic carbocycles. The summed E-state index contributed by atoms with van der Waals surface area (Å²) in [7, 11) is -3.68. The first-order chi connectivity index (χ1) is 13.6. The van der Waals surface area contributed by atoms with Gasteiger partial charge in [0.2, 0.25) is 10.0 Å². The smallest absolute Gasteiger partial charge is 0.307 e. The van der Waals surface area contributed by atoms with E-state index in [0.717, 1.165) is 11.1 Å². The molecule has 3 rings (SSSR count). The summed E-state index contributed by atoms with van der Waals surface area (Å²) in [5, 5.41) is 10.0. The van der Waals surface area contributed by atoms with Crippen LogP contribution in [0.3, 0.4) is 0 Å². The Bertz CT molecular complexity index is 1020. The molecule has 0 aromatic heterocycles. The van der Waals surface area contributed by atoms with Crippen molar-refractivity contribution in [1.29, 1.82) is 0 Å². The van der Waals surface area contributed by atoms with Crippen LogP contribution in [-0.2, 0) is 27.8 Å². The lowest BCUT2D eigenvalue weighted by Crippen LogP contribution is -2.48. The van der Waals surface area contributed by atoms with Crippen LogP contribution in [0.4, 0.5) is 0 Å². The molecule has 1 fully saturated rings. The molecule has 0 bridgehead atoms. The predicted molar refractivity (Wildman–Crippen MR) is 113 cm³/mol. The van der Waals surface area contributed by atoms with Gasteiger partial charge in [0.05, 0.1) is 21.4 Å². The highest BCUT2D eigenvalue weighted by molar-refractivity contribution is 7.89. The van der Waals surface area contributed by atoms with Crippen molar-refractivity contribution < 1.29 is 18.3 Å². The van der Waals surface area contributed by atoms with Crippen molar-refractivity contribution in [3.63, 3.8) is 0 Å². The lowest BCUT2D eigenvalue weighted by atomic mass is 10.1. The molecule has 1 aliphatic rings. The topological polar surface area (TPSA) is 77.9 Å². The van der Waals surface area contributed by atoms with Gasteiger partial charge < -0.3 is 5.11 Å². The van der Waals surface area contributed by atoms with E-state index in [1.807, 2.05) is 12.1 Å². The van der Waals surface area contributed by atoms with Crippen molar-refractivity contribution in [3.05, 3.63) is 63.1 Å². The van der Waals surface area contributed by atoms with E-state index in [1.54, 1.807) is 25.1 Å². The van der Waals surface area contributed by atoms with Crippen LogP contribution >= 0.6 is 23.2 Å². The lowest BCUT2D eigenvalue weighted by Gasteiger charge is -2.34. The molecule has 0 radical (unpaired) electrons. The fourth-order valence-electron chi connectivity index (χ4n) is 3.42. The van der Waals surface area contributed by atoms with Gasteiger partial charge in [-0.05, 0) is 47.9 Å². The summed E-state index contributed by atoms with van der Waals surface area (Å²) in [6, 6.07) is 10.2. The van der Waals surface area contributed by atoms with Crippen molar-refractivity contribution in [2.75, 3.05) is 26.2 Å². The average molecular weight is 457 g/mol. The molecule has 2 aromatic rings. The highest BCUT2D eigenvalue weighted by Crippen LogP contribution is 2.25. The van der Waals surface area contributed by atoms with E-state index in [4.69, 9.17) is 28.3 Å². The quantitative estimate of drug-likeness (QED) is 0.719. The molecule has 1 heterocycles. The molecular formula is C20H22Cl2N2O4S. The molecule has 0 aliphatic carbocycles. The summed E-state index contributed by atoms with van der Waals surface area (Å²) in [4.78, 5) is 13.3. The first-order valence-corrected chi connectivity index (χ1v) is 11.3. The average Bonchev–Trinajstić information content (AvgIpc) is 2.64. The highest BCUT2D eigenvalue weighted by atomic mass is 35.5. The first kappa shape index (κ1) is 22.1. The number of benzene rings is 2. The third-order valence-corrected chi connectivity index (χ3v) is 7.44. The molecule has 0 spiro atoms. The van der Waals surface area contributed by atoms with Gasteiger partial charge in [-0.15, -0.1) is 0 Å². The van der Waals surface area contributed by atoms with Crippen LogP contribution in [0, 0.1) is 6.92 Å². The number of nitrogens with zero attached hydrogens (tertiary/aromatic N) is 2. The van der Waals surface area contributed by atoms with E-state index in [9.17, 15) is 13.2 Å². The molecule has 0 amide bonds. The normalized spacial score (nSPS) is 16.1. The fraction of sp³-hybridized carbons (Fsp3) is 0.350. The first-order valence-electron chi connectivity index (χ1n) is 9.14. The maximum atomic E-state index is 13.1. The van der Waals surface area contributed by atoms with Gasteiger partial charge in [-0.2, -0.15) is 4.31 Å². The number of hydrogen-bond donors (Lipinski definition) is 1. The minimum atomic E-state index is -3.68. The van der Waals surface area contributed by atoms with Gasteiger partial charge in [-0.3, -0.25) is 9.69 Å². The number of carboxylic acids is 1. The van der Waals surface area contributed by atoms with Gasteiger partial charge in [0.25, 0.3) is 0 Å². The SMILES string of the molecule is Cc1cc(CC(=O)O)cc(S(=O)(=O)N2CCN(Cc3ccc(Cl)c(Cl)c3)CC2)c1. The Labute approximate surface area is 180 Å². The van der Waals surface area contributed by atoms with Crippen LogP contribution in [0.1, 0.15) is 16.7 Å². The molecule has 29 heavy (non-hydrogen) atoms. The van der Waals surface area contributed by atoms with Gasteiger partial charge in [0.15, 0.2) is 0 Å². The molecule has 0 atom stereocenters. The maximum absolute atomic E-state index is 13.1. The number of hydrogen-bond acceptors (Lipinski definition) is 4. The zero-order valence-electron chi connectivity index (χ0n) is 15.9. The predicted octanol–water partition coefficient (Wildman–Crippen LogP) is 3.44. The van der Waals surface area contributed by atoms with Gasteiger partial charge in [-0.25, -0.2) is 8.42 Å². The number of piperazine rings is 1. The second-order valence-corrected chi connectivity index (χ2v) is 9.91. The Morgan fingerprint density at radius 1 is 1.00 bits per heavy atom. The van der Waals surface area contributed by atoms with E-state index in [2.05, 4.69) is 4.90 Å². The Kier molecular flexibility index (Phi) is 6.86. The summed E-state index contributed by atoms with van der Waals surface area (Å²) in [5.41, 5.74) is 2.22.